The lowest BCUT2D eigenvalue weighted by Gasteiger charge is -2.41. The summed E-state index contributed by atoms with van der Waals surface area (Å²) in [5, 5.41) is 10.0. The maximum atomic E-state index is 13.4. The van der Waals surface area contributed by atoms with E-state index in [1.165, 1.54) is 6.07 Å². The van der Waals surface area contributed by atoms with E-state index in [2.05, 4.69) is 11.8 Å². The third-order valence-corrected chi connectivity index (χ3v) is 4.03. The lowest BCUT2D eigenvalue weighted by molar-refractivity contribution is 0.00535. The Hall–Kier alpha value is -0.970. The van der Waals surface area contributed by atoms with Crippen molar-refractivity contribution in [3.8, 4) is 0 Å². The number of hydrogen-bond donors (Lipinski definition) is 2. The van der Waals surface area contributed by atoms with Crippen LogP contribution in [-0.2, 0) is 0 Å². The molecule has 4 unspecified atom stereocenters. The van der Waals surface area contributed by atoms with Gasteiger partial charge in [0.1, 0.15) is 5.82 Å². The molecule has 1 aromatic rings. The van der Waals surface area contributed by atoms with E-state index >= 15 is 0 Å². The summed E-state index contributed by atoms with van der Waals surface area (Å²) in [6.45, 7) is 5.48. The highest BCUT2D eigenvalue weighted by molar-refractivity contribution is 5.22. The lowest BCUT2D eigenvalue weighted by atomic mass is 9.91. The average molecular weight is 266 g/mol. The van der Waals surface area contributed by atoms with Crippen LogP contribution in [0.25, 0.3) is 0 Å². The van der Waals surface area contributed by atoms with Crippen molar-refractivity contribution in [1.82, 2.24) is 4.90 Å². The SMILES string of the molecule is CC(N)C(c1cccc(F)c1)N1CCC(C)C(O)C1. The van der Waals surface area contributed by atoms with Crippen LogP contribution < -0.4 is 5.73 Å². The Bertz CT molecular complexity index is 424. The molecule has 4 heteroatoms. The van der Waals surface area contributed by atoms with E-state index in [4.69, 9.17) is 5.73 Å². The number of hydrogen-bond acceptors (Lipinski definition) is 3. The van der Waals surface area contributed by atoms with E-state index in [9.17, 15) is 9.50 Å². The number of halogens is 1. The molecule has 1 aromatic carbocycles. The molecule has 0 aromatic heterocycles. The third-order valence-electron chi connectivity index (χ3n) is 4.03. The molecule has 1 fully saturated rings. The maximum Gasteiger partial charge on any atom is 0.123 e. The first-order valence-electron chi connectivity index (χ1n) is 6.92. The number of rotatable bonds is 3. The third kappa shape index (κ3) is 3.32. The van der Waals surface area contributed by atoms with Gasteiger partial charge in [0.25, 0.3) is 0 Å². The van der Waals surface area contributed by atoms with Gasteiger partial charge in [-0.25, -0.2) is 4.39 Å². The molecule has 2 rings (SSSR count). The van der Waals surface area contributed by atoms with Crippen molar-refractivity contribution < 1.29 is 9.50 Å². The predicted molar refractivity (Wildman–Crippen MR) is 74.2 cm³/mol. The van der Waals surface area contributed by atoms with Crippen molar-refractivity contribution in [2.75, 3.05) is 13.1 Å². The van der Waals surface area contributed by atoms with Crippen LogP contribution in [0.15, 0.2) is 24.3 Å². The molecule has 19 heavy (non-hydrogen) atoms. The number of aliphatic hydroxyl groups is 1. The van der Waals surface area contributed by atoms with Crippen LogP contribution in [0, 0.1) is 11.7 Å². The first-order valence-corrected chi connectivity index (χ1v) is 6.92. The number of aliphatic hydroxyl groups excluding tert-OH is 1. The lowest BCUT2D eigenvalue weighted by Crippen LogP contribution is -2.48. The predicted octanol–water partition coefficient (Wildman–Crippen LogP) is 1.92. The molecule has 0 amide bonds. The van der Waals surface area contributed by atoms with Gasteiger partial charge in [-0.3, -0.25) is 4.90 Å². The molecule has 0 spiro atoms. The minimum absolute atomic E-state index is 0.0437. The molecule has 0 radical (unpaired) electrons. The minimum Gasteiger partial charge on any atom is -0.392 e. The van der Waals surface area contributed by atoms with Crippen LogP contribution >= 0.6 is 0 Å². The molecule has 0 bridgehead atoms. The molecule has 3 N–H and O–H groups in total. The topological polar surface area (TPSA) is 49.5 Å². The summed E-state index contributed by atoms with van der Waals surface area (Å²) in [6, 6.07) is 6.44. The van der Waals surface area contributed by atoms with Gasteiger partial charge in [0, 0.05) is 18.6 Å². The Morgan fingerprint density at radius 2 is 2.21 bits per heavy atom. The van der Waals surface area contributed by atoms with Gasteiger partial charge in [-0.15, -0.1) is 0 Å². The summed E-state index contributed by atoms with van der Waals surface area (Å²) < 4.78 is 13.4. The Morgan fingerprint density at radius 1 is 1.47 bits per heavy atom. The fraction of sp³-hybridized carbons (Fsp3) is 0.600. The van der Waals surface area contributed by atoms with Crippen molar-refractivity contribution in [3.63, 3.8) is 0 Å². The number of likely N-dealkylation sites (tertiary alicyclic amines) is 1. The Labute approximate surface area is 114 Å². The highest BCUT2D eigenvalue weighted by Crippen LogP contribution is 2.29. The van der Waals surface area contributed by atoms with E-state index in [-0.39, 0.29) is 24.0 Å². The van der Waals surface area contributed by atoms with Crippen LogP contribution in [-0.4, -0.2) is 35.2 Å². The summed E-state index contributed by atoms with van der Waals surface area (Å²) >= 11 is 0. The van der Waals surface area contributed by atoms with Crippen molar-refractivity contribution in [2.24, 2.45) is 11.7 Å². The van der Waals surface area contributed by atoms with Gasteiger partial charge in [0.05, 0.1) is 6.10 Å². The molecule has 1 aliphatic heterocycles. The van der Waals surface area contributed by atoms with Crippen LogP contribution in [0.3, 0.4) is 0 Å². The summed E-state index contributed by atoms with van der Waals surface area (Å²) in [7, 11) is 0. The first-order chi connectivity index (χ1) is 8.99. The van der Waals surface area contributed by atoms with Gasteiger partial charge in [-0.2, -0.15) is 0 Å². The first kappa shape index (κ1) is 14.4. The largest absolute Gasteiger partial charge is 0.392 e. The van der Waals surface area contributed by atoms with Crippen molar-refractivity contribution in [2.45, 2.75) is 38.5 Å². The Morgan fingerprint density at radius 3 is 2.79 bits per heavy atom. The second-order valence-corrected chi connectivity index (χ2v) is 5.69. The number of nitrogens with two attached hydrogens (primary N) is 1. The number of nitrogens with zero attached hydrogens (tertiary/aromatic N) is 1. The van der Waals surface area contributed by atoms with Gasteiger partial charge in [0.2, 0.25) is 0 Å². The van der Waals surface area contributed by atoms with E-state index < -0.39 is 0 Å². The molecule has 4 atom stereocenters. The second kappa shape index (κ2) is 5.99. The molecule has 3 nitrogen and oxygen atoms in total. The second-order valence-electron chi connectivity index (χ2n) is 5.69. The van der Waals surface area contributed by atoms with E-state index in [0.29, 0.717) is 12.5 Å². The summed E-state index contributed by atoms with van der Waals surface area (Å²) in [6.07, 6.45) is 0.614. The standard InChI is InChI=1S/C15H23FN2O/c1-10-6-7-18(9-14(10)19)15(11(2)17)12-4-3-5-13(16)8-12/h3-5,8,10-11,14-15,19H,6-7,9,17H2,1-2H3. The summed E-state index contributed by atoms with van der Waals surface area (Å²) in [5.74, 6) is 0.0755. The van der Waals surface area contributed by atoms with Gasteiger partial charge in [-0.05, 0) is 43.5 Å². The molecule has 1 heterocycles. The smallest absolute Gasteiger partial charge is 0.123 e. The van der Waals surface area contributed by atoms with Crippen LogP contribution in [0.2, 0.25) is 0 Å². The molecule has 106 valence electrons. The van der Waals surface area contributed by atoms with Gasteiger partial charge >= 0.3 is 0 Å². The van der Waals surface area contributed by atoms with Gasteiger partial charge in [0.15, 0.2) is 0 Å². The van der Waals surface area contributed by atoms with E-state index in [1.807, 2.05) is 13.0 Å². The van der Waals surface area contributed by atoms with Crippen molar-refractivity contribution >= 4 is 0 Å². The molecule has 1 aliphatic rings. The van der Waals surface area contributed by atoms with Crippen LogP contribution in [0.1, 0.15) is 31.9 Å². The van der Waals surface area contributed by atoms with Crippen molar-refractivity contribution in [1.29, 1.82) is 0 Å². The molecule has 1 saturated heterocycles. The number of piperidine rings is 1. The molecular weight excluding hydrogens is 243 g/mol. The number of benzene rings is 1. The quantitative estimate of drug-likeness (QED) is 0.878. The number of β-amino-alcohol motifs (C(OH)–C–C–N with tert-alkyl or cyclic N) is 1. The van der Waals surface area contributed by atoms with Crippen molar-refractivity contribution in [3.05, 3.63) is 35.6 Å². The zero-order valence-corrected chi connectivity index (χ0v) is 11.6. The summed E-state index contributed by atoms with van der Waals surface area (Å²) in [4.78, 5) is 2.17. The molecule has 0 aliphatic carbocycles. The van der Waals surface area contributed by atoms with E-state index in [0.717, 1.165) is 18.5 Å². The zero-order valence-electron chi connectivity index (χ0n) is 11.6. The van der Waals surface area contributed by atoms with E-state index in [1.54, 1.807) is 12.1 Å². The maximum absolute atomic E-state index is 13.4. The molecular formula is C15H23FN2O. The normalized spacial score (nSPS) is 28.1. The van der Waals surface area contributed by atoms with Gasteiger partial charge < -0.3 is 10.8 Å². The minimum atomic E-state index is -0.330. The summed E-state index contributed by atoms with van der Waals surface area (Å²) in [5.41, 5.74) is 6.97. The van der Waals surface area contributed by atoms with Crippen LogP contribution in [0.5, 0.6) is 0 Å². The molecule has 0 saturated carbocycles. The zero-order chi connectivity index (χ0) is 14.0. The van der Waals surface area contributed by atoms with Gasteiger partial charge in [-0.1, -0.05) is 19.1 Å². The average Bonchev–Trinajstić information content (AvgIpc) is 2.33. The fourth-order valence-corrected chi connectivity index (χ4v) is 2.86. The highest BCUT2D eigenvalue weighted by Gasteiger charge is 2.31. The monoisotopic (exact) mass is 266 g/mol. The Kier molecular flexibility index (Phi) is 4.55. The van der Waals surface area contributed by atoms with Crippen LogP contribution in [0.4, 0.5) is 4.39 Å². The highest BCUT2D eigenvalue weighted by atomic mass is 19.1. The Balaban J connectivity index is 2.21. The fourth-order valence-electron chi connectivity index (χ4n) is 2.86.